The monoisotopic (exact) mass is 413 g/mol. The highest BCUT2D eigenvalue weighted by molar-refractivity contribution is 7.89. The maximum atomic E-state index is 12.6. The van der Waals surface area contributed by atoms with E-state index in [9.17, 15) is 22.8 Å². The minimum absolute atomic E-state index is 0.0186. The number of rotatable bonds is 8. The van der Waals surface area contributed by atoms with E-state index in [1.807, 2.05) is 26.1 Å². The number of hydrogen-bond donors (Lipinski definition) is 3. The van der Waals surface area contributed by atoms with Crippen LogP contribution in [-0.2, 0) is 24.3 Å². The van der Waals surface area contributed by atoms with Gasteiger partial charge in [0.05, 0.1) is 4.90 Å². The van der Waals surface area contributed by atoms with Crippen LogP contribution < -0.4 is 15.4 Å². The Morgan fingerprint density at radius 2 is 1.64 bits per heavy atom. The van der Waals surface area contributed by atoms with Gasteiger partial charge in [0.15, 0.2) is 6.10 Å². The molecule has 0 saturated carbocycles. The molecule has 10 heteroatoms. The summed E-state index contributed by atoms with van der Waals surface area (Å²) in [5.41, 5.74) is 0.896. The van der Waals surface area contributed by atoms with Crippen LogP contribution in [0.4, 0.5) is 4.79 Å². The number of carbonyl (C=O) groups excluding carboxylic acids is 3. The van der Waals surface area contributed by atoms with Crippen LogP contribution in [0.5, 0.6) is 0 Å². The first kappa shape index (κ1) is 23.6. The van der Waals surface area contributed by atoms with Crippen LogP contribution in [0, 0.1) is 12.8 Å². The molecule has 9 nitrogen and oxygen atoms in total. The molecule has 0 aliphatic heterocycles. The number of carbonyl (C=O) groups is 3. The summed E-state index contributed by atoms with van der Waals surface area (Å²) in [4.78, 5) is 35.5. The maximum Gasteiger partial charge on any atom is 0.324 e. The van der Waals surface area contributed by atoms with Crippen LogP contribution in [0.25, 0.3) is 0 Å². The van der Waals surface area contributed by atoms with E-state index in [1.54, 1.807) is 12.1 Å². The standard InChI is InChI=1S/C18H27N3O6S/c1-11(2)10-15(17(23)27-13(4)16(22)20-18(24)19-5)21-28(25,26)14-8-6-12(3)7-9-14/h6-9,11,13,15,21H,10H2,1-5H3,(H2,19,20,22,24)/t13-,15-/m0/s1. The van der Waals surface area contributed by atoms with Gasteiger partial charge in [0.2, 0.25) is 10.0 Å². The molecule has 28 heavy (non-hydrogen) atoms. The van der Waals surface area contributed by atoms with Gasteiger partial charge in [-0.15, -0.1) is 0 Å². The number of hydrogen-bond acceptors (Lipinski definition) is 6. The average Bonchev–Trinajstić information content (AvgIpc) is 2.60. The fourth-order valence-corrected chi connectivity index (χ4v) is 3.42. The van der Waals surface area contributed by atoms with Crippen LogP contribution in [0.3, 0.4) is 0 Å². The summed E-state index contributed by atoms with van der Waals surface area (Å²) >= 11 is 0. The zero-order valence-electron chi connectivity index (χ0n) is 16.6. The third-order valence-corrected chi connectivity index (χ3v) is 5.23. The van der Waals surface area contributed by atoms with Crippen molar-refractivity contribution in [3.05, 3.63) is 29.8 Å². The van der Waals surface area contributed by atoms with Crippen molar-refractivity contribution < 1.29 is 27.5 Å². The molecular weight excluding hydrogens is 386 g/mol. The lowest BCUT2D eigenvalue weighted by Crippen LogP contribution is -2.47. The SMILES string of the molecule is CNC(=O)NC(=O)[C@H](C)OC(=O)[C@H](CC(C)C)NS(=O)(=O)c1ccc(C)cc1. The van der Waals surface area contributed by atoms with Gasteiger partial charge in [-0.25, -0.2) is 13.2 Å². The van der Waals surface area contributed by atoms with Gasteiger partial charge in [-0.3, -0.25) is 14.9 Å². The fourth-order valence-electron chi connectivity index (χ4n) is 2.22. The van der Waals surface area contributed by atoms with Crippen molar-refractivity contribution in [2.75, 3.05) is 7.05 Å². The van der Waals surface area contributed by atoms with E-state index in [1.165, 1.54) is 26.1 Å². The van der Waals surface area contributed by atoms with Crippen molar-refractivity contribution in [2.45, 2.75) is 51.2 Å². The third kappa shape index (κ3) is 7.28. The van der Waals surface area contributed by atoms with E-state index in [0.717, 1.165) is 5.56 Å². The average molecular weight is 413 g/mol. The van der Waals surface area contributed by atoms with E-state index in [2.05, 4.69) is 10.0 Å². The second-order valence-corrected chi connectivity index (χ2v) is 8.48. The molecule has 156 valence electrons. The molecule has 0 saturated heterocycles. The van der Waals surface area contributed by atoms with E-state index in [-0.39, 0.29) is 17.2 Å². The first-order chi connectivity index (χ1) is 13.0. The minimum atomic E-state index is -3.96. The van der Waals surface area contributed by atoms with E-state index < -0.39 is 40.1 Å². The number of benzene rings is 1. The molecule has 1 rings (SSSR count). The molecule has 3 amide bonds. The Bertz CT molecular complexity index is 805. The quantitative estimate of drug-likeness (QED) is 0.547. The summed E-state index contributed by atoms with van der Waals surface area (Å²) in [5, 5.41) is 4.19. The van der Waals surface area contributed by atoms with Crippen LogP contribution in [-0.4, -0.2) is 45.5 Å². The zero-order chi connectivity index (χ0) is 21.5. The van der Waals surface area contributed by atoms with Crippen LogP contribution in [0.1, 0.15) is 32.8 Å². The van der Waals surface area contributed by atoms with Gasteiger partial charge in [0.25, 0.3) is 5.91 Å². The molecule has 0 heterocycles. The Morgan fingerprint density at radius 1 is 1.07 bits per heavy atom. The molecule has 3 N–H and O–H groups in total. The van der Waals surface area contributed by atoms with Crippen LogP contribution in [0.2, 0.25) is 0 Å². The largest absolute Gasteiger partial charge is 0.451 e. The van der Waals surface area contributed by atoms with Crippen molar-refractivity contribution in [1.82, 2.24) is 15.4 Å². The highest BCUT2D eigenvalue weighted by Crippen LogP contribution is 2.14. The molecule has 0 radical (unpaired) electrons. The fraction of sp³-hybridized carbons (Fsp3) is 0.500. The van der Waals surface area contributed by atoms with Gasteiger partial charge >= 0.3 is 12.0 Å². The smallest absolute Gasteiger partial charge is 0.324 e. The van der Waals surface area contributed by atoms with E-state index in [0.29, 0.717) is 0 Å². The summed E-state index contributed by atoms with van der Waals surface area (Å²) in [6.07, 6.45) is -1.10. The molecule has 0 bridgehead atoms. The lowest BCUT2D eigenvalue weighted by atomic mass is 10.0. The second kappa shape index (κ2) is 10.2. The van der Waals surface area contributed by atoms with Gasteiger partial charge < -0.3 is 10.1 Å². The van der Waals surface area contributed by atoms with Gasteiger partial charge in [-0.05, 0) is 38.3 Å². The number of esters is 1. The molecule has 0 aliphatic rings. The van der Waals surface area contributed by atoms with Gasteiger partial charge in [0.1, 0.15) is 6.04 Å². The summed E-state index contributed by atoms with van der Waals surface area (Å²) < 4.78 is 32.6. The summed E-state index contributed by atoms with van der Waals surface area (Å²) in [6, 6.07) is 4.25. The molecule has 2 atom stereocenters. The number of ether oxygens (including phenoxy) is 1. The Hall–Kier alpha value is -2.46. The molecule has 1 aromatic carbocycles. The molecule has 0 aromatic heterocycles. The summed E-state index contributed by atoms with van der Waals surface area (Å²) in [5.74, 6) is -1.74. The molecule has 0 aliphatic carbocycles. The third-order valence-electron chi connectivity index (χ3n) is 3.75. The number of imide groups is 1. The van der Waals surface area contributed by atoms with Crippen LogP contribution >= 0.6 is 0 Å². The van der Waals surface area contributed by atoms with E-state index >= 15 is 0 Å². The molecule has 0 unspecified atom stereocenters. The number of urea groups is 1. The van der Waals surface area contributed by atoms with Crippen molar-refractivity contribution in [3.63, 3.8) is 0 Å². The van der Waals surface area contributed by atoms with Gasteiger partial charge in [-0.2, -0.15) is 4.72 Å². The first-order valence-corrected chi connectivity index (χ1v) is 10.3. The van der Waals surface area contributed by atoms with Crippen LogP contribution in [0.15, 0.2) is 29.2 Å². The van der Waals surface area contributed by atoms with Crippen molar-refractivity contribution in [3.8, 4) is 0 Å². The lowest BCUT2D eigenvalue weighted by Gasteiger charge is -2.21. The minimum Gasteiger partial charge on any atom is -0.451 e. The van der Waals surface area contributed by atoms with Crippen molar-refractivity contribution in [2.24, 2.45) is 5.92 Å². The highest BCUT2D eigenvalue weighted by Gasteiger charge is 2.30. The summed E-state index contributed by atoms with van der Waals surface area (Å²) in [6.45, 7) is 6.76. The number of nitrogens with one attached hydrogen (secondary N) is 3. The van der Waals surface area contributed by atoms with Crippen molar-refractivity contribution >= 4 is 27.9 Å². The topological polar surface area (TPSA) is 131 Å². The molecule has 0 fully saturated rings. The zero-order valence-corrected chi connectivity index (χ0v) is 17.4. The van der Waals surface area contributed by atoms with Gasteiger partial charge in [-0.1, -0.05) is 31.5 Å². The van der Waals surface area contributed by atoms with Gasteiger partial charge in [0, 0.05) is 7.05 Å². The Labute approximate surface area is 165 Å². The van der Waals surface area contributed by atoms with Crippen molar-refractivity contribution in [1.29, 1.82) is 0 Å². The molecule has 1 aromatic rings. The predicted octanol–water partition coefficient (Wildman–Crippen LogP) is 1.08. The molecular formula is C18H27N3O6S. The number of sulfonamides is 1. The first-order valence-electron chi connectivity index (χ1n) is 8.78. The number of amides is 3. The normalized spacial score (nSPS) is 13.5. The van der Waals surface area contributed by atoms with E-state index in [4.69, 9.17) is 4.74 Å². The summed E-state index contributed by atoms with van der Waals surface area (Å²) in [7, 11) is -2.63. The highest BCUT2D eigenvalue weighted by atomic mass is 32.2. The number of aryl methyl sites for hydroxylation is 1. The molecule has 0 spiro atoms. The Balaban J connectivity index is 2.91. The lowest BCUT2D eigenvalue weighted by molar-refractivity contribution is -0.156. The maximum absolute atomic E-state index is 12.6. The predicted molar refractivity (Wildman–Crippen MR) is 103 cm³/mol. The second-order valence-electron chi connectivity index (χ2n) is 6.76. The Kier molecular flexibility index (Phi) is 8.58. The Morgan fingerprint density at radius 3 is 2.14 bits per heavy atom.